The molecule has 1 aromatic rings. The molecule has 1 aromatic heterocycles. The van der Waals surface area contributed by atoms with Crippen molar-refractivity contribution in [3.63, 3.8) is 0 Å². The summed E-state index contributed by atoms with van der Waals surface area (Å²) < 4.78 is 1.83. The lowest BCUT2D eigenvalue weighted by molar-refractivity contribution is -0.00887. The highest BCUT2D eigenvalue weighted by atomic mass is 16.4. The van der Waals surface area contributed by atoms with Crippen LogP contribution in [-0.4, -0.2) is 20.9 Å². The van der Waals surface area contributed by atoms with E-state index >= 15 is 0 Å². The number of hydrogen-bond donors (Lipinski definition) is 1. The van der Waals surface area contributed by atoms with Gasteiger partial charge in [-0.1, -0.05) is 0 Å². The van der Waals surface area contributed by atoms with E-state index < -0.39 is 5.97 Å². The molecule has 0 amide bonds. The molecule has 4 aliphatic rings. The molecule has 4 saturated carbocycles. The summed E-state index contributed by atoms with van der Waals surface area (Å²) in [6.07, 6.45) is 7.96. The standard InChI is InChI=1S/C15H20N2O2/c1-17-13(5-12(16-17)14(18)19)15-6-9-2-10(7-15)4-11(3-9)8-15/h5,9-11H,2-4,6-8H2,1H3,(H,18,19). The highest BCUT2D eigenvalue weighted by molar-refractivity contribution is 5.85. The van der Waals surface area contributed by atoms with Crippen LogP contribution in [0.25, 0.3) is 0 Å². The zero-order chi connectivity index (χ0) is 13.2. The molecule has 19 heavy (non-hydrogen) atoms. The molecule has 0 saturated heterocycles. The van der Waals surface area contributed by atoms with Crippen molar-refractivity contribution in [1.29, 1.82) is 0 Å². The summed E-state index contributed by atoms with van der Waals surface area (Å²) in [5.74, 6) is 1.70. The van der Waals surface area contributed by atoms with Gasteiger partial charge in [-0.3, -0.25) is 4.68 Å². The van der Waals surface area contributed by atoms with Gasteiger partial charge in [0.15, 0.2) is 5.69 Å². The Bertz CT molecular complexity index is 511. The fourth-order valence-corrected chi connectivity index (χ4v) is 5.49. The van der Waals surface area contributed by atoms with Gasteiger partial charge in [0.1, 0.15) is 0 Å². The Morgan fingerprint density at radius 2 is 1.79 bits per heavy atom. The van der Waals surface area contributed by atoms with Gasteiger partial charge in [0.25, 0.3) is 0 Å². The largest absolute Gasteiger partial charge is 0.476 e. The van der Waals surface area contributed by atoms with E-state index in [0.29, 0.717) is 0 Å². The highest BCUT2D eigenvalue weighted by Crippen LogP contribution is 2.60. The van der Waals surface area contributed by atoms with Gasteiger partial charge in [-0.15, -0.1) is 0 Å². The maximum absolute atomic E-state index is 11.1. The molecule has 0 atom stereocenters. The molecule has 1 heterocycles. The van der Waals surface area contributed by atoms with Crippen molar-refractivity contribution in [1.82, 2.24) is 9.78 Å². The number of aromatic carboxylic acids is 1. The van der Waals surface area contributed by atoms with Crippen molar-refractivity contribution in [3.05, 3.63) is 17.5 Å². The van der Waals surface area contributed by atoms with E-state index in [1.807, 2.05) is 17.8 Å². The van der Waals surface area contributed by atoms with Crippen LogP contribution in [0.15, 0.2) is 6.07 Å². The van der Waals surface area contributed by atoms with Crippen LogP contribution in [0, 0.1) is 17.8 Å². The number of carboxylic acid groups (broad SMARTS) is 1. The number of aromatic nitrogens is 2. The van der Waals surface area contributed by atoms with Crippen LogP contribution in [0.3, 0.4) is 0 Å². The van der Waals surface area contributed by atoms with Crippen molar-refractivity contribution in [2.75, 3.05) is 0 Å². The van der Waals surface area contributed by atoms with Crippen LogP contribution < -0.4 is 0 Å². The Morgan fingerprint density at radius 3 is 2.21 bits per heavy atom. The van der Waals surface area contributed by atoms with Crippen molar-refractivity contribution in [3.8, 4) is 0 Å². The lowest BCUT2D eigenvalue weighted by Gasteiger charge is -2.56. The summed E-state index contributed by atoms with van der Waals surface area (Å²) in [4.78, 5) is 11.1. The average molecular weight is 260 g/mol. The maximum Gasteiger partial charge on any atom is 0.356 e. The number of aryl methyl sites for hydroxylation is 1. The first-order valence-electron chi connectivity index (χ1n) is 7.33. The van der Waals surface area contributed by atoms with Crippen molar-refractivity contribution in [2.45, 2.75) is 43.9 Å². The van der Waals surface area contributed by atoms with Crippen LogP contribution in [0.4, 0.5) is 0 Å². The molecule has 4 fully saturated rings. The van der Waals surface area contributed by atoms with E-state index in [-0.39, 0.29) is 11.1 Å². The minimum Gasteiger partial charge on any atom is -0.476 e. The normalized spacial score (nSPS) is 39.7. The molecular formula is C15H20N2O2. The molecule has 4 aliphatic carbocycles. The Balaban J connectivity index is 1.77. The third-order valence-electron chi connectivity index (χ3n) is 5.68. The quantitative estimate of drug-likeness (QED) is 0.889. The van der Waals surface area contributed by atoms with Crippen LogP contribution in [0.2, 0.25) is 0 Å². The summed E-state index contributed by atoms with van der Waals surface area (Å²) in [7, 11) is 1.90. The van der Waals surface area contributed by atoms with Gasteiger partial charge in [-0.2, -0.15) is 5.10 Å². The van der Waals surface area contributed by atoms with E-state index in [2.05, 4.69) is 5.10 Å². The van der Waals surface area contributed by atoms with Gasteiger partial charge >= 0.3 is 5.97 Å². The summed E-state index contributed by atoms with van der Waals surface area (Å²) in [5.41, 5.74) is 1.60. The predicted molar refractivity (Wildman–Crippen MR) is 70.0 cm³/mol. The molecule has 0 radical (unpaired) electrons. The van der Waals surface area contributed by atoms with Gasteiger partial charge in [0, 0.05) is 18.2 Å². The first-order valence-corrected chi connectivity index (χ1v) is 7.33. The Labute approximate surface area is 112 Å². The molecule has 1 N–H and O–H groups in total. The molecule has 4 heteroatoms. The molecule has 102 valence electrons. The SMILES string of the molecule is Cn1nc(C(=O)O)cc1C12CC3CC(CC(C3)C1)C2. The summed E-state index contributed by atoms with van der Waals surface area (Å²) in [6, 6.07) is 1.83. The number of carbonyl (C=O) groups is 1. The van der Waals surface area contributed by atoms with E-state index in [1.54, 1.807) is 0 Å². The summed E-state index contributed by atoms with van der Waals surface area (Å²) in [6.45, 7) is 0. The van der Waals surface area contributed by atoms with Crippen LogP contribution in [0.5, 0.6) is 0 Å². The van der Waals surface area contributed by atoms with E-state index in [0.717, 1.165) is 17.8 Å². The number of nitrogens with zero attached hydrogens (tertiary/aromatic N) is 2. The second-order valence-electron chi connectivity index (χ2n) is 7.04. The second kappa shape index (κ2) is 3.62. The minimum atomic E-state index is -0.911. The van der Waals surface area contributed by atoms with Crippen LogP contribution in [0.1, 0.15) is 54.7 Å². The average Bonchev–Trinajstić information content (AvgIpc) is 2.70. The molecular weight excluding hydrogens is 240 g/mol. The van der Waals surface area contributed by atoms with Gasteiger partial charge in [-0.05, 0) is 62.3 Å². The topological polar surface area (TPSA) is 55.1 Å². The third kappa shape index (κ3) is 1.58. The molecule has 4 bridgehead atoms. The monoisotopic (exact) mass is 260 g/mol. The third-order valence-corrected chi connectivity index (χ3v) is 5.68. The lowest BCUT2D eigenvalue weighted by Crippen LogP contribution is -2.49. The van der Waals surface area contributed by atoms with Gasteiger partial charge in [0.05, 0.1) is 0 Å². The zero-order valence-electron chi connectivity index (χ0n) is 11.3. The van der Waals surface area contributed by atoms with Gasteiger partial charge in [-0.25, -0.2) is 4.79 Å². The smallest absolute Gasteiger partial charge is 0.356 e. The number of carboxylic acids is 1. The highest BCUT2D eigenvalue weighted by Gasteiger charge is 2.52. The lowest BCUT2D eigenvalue weighted by atomic mass is 9.49. The fourth-order valence-electron chi connectivity index (χ4n) is 5.49. The first kappa shape index (κ1) is 11.5. The van der Waals surface area contributed by atoms with Crippen molar-refractivity contribution >= 4 is 5.97 Å². The summed E-state index contributed by atoms with van der Waals surface area (Å²) in [5, 5.41) is 13.3. The van der Waals surface area contributed by atoms with E-state index in [1.165, 1.54) is 44.2 Å². The second-order valence-corrected chi connectivity index (χ2v) is 7.04. The molecule has 0 aromatic carbocycles. The molecule has 5 rings (SSSR count). The number of hydrogen-bond acceptors (Lipinski definition) is 2. The number of rotatable bonds is 2. The van der Waals surface area contributed by atoms with Crippen molar-refractivity contribution in [2.24, 2.45) is 24.8 Å². The Kier molecular flexibility index (Phi) is 2.19. The molecule has 4 nitrogen and oxygen atoms in total. The van der Waals surface area contributed by atoms with E-state index in [4.69, 9.17) is 5.11 Å². The fraction of sp³-hybridized carbons (Fsp3) is 0.733. The maximum atomic E-state index is 11.1. The summed E-state index contributed by atoms with van der Waals surface area (Å²) >= 11 is 0. The Hall–Kier alpha value is -1.32. The molecule has 0 spiro atoms. The molecule has 0 unspecified atom stereocenters. The first-order chi connectivity index (χ1) is 9.06. The molecule has 0 aliphatic heterocycles. The predicted octanol–water partition coefficient (Wildman–Crippen LogP) is 2.59. The van der Waals surface area contributed by atoms with Crippen LogP contribution >= 0.6 is 0 Å². The van der Waals surface area contributed by atoms with Gasteiger partial charge < -0.3 is 5.11 Å². The minimum absolute atomic E-state index is 0.202. The Morgan fingerprint density at radius 1 is 1.26 bits per heavy atom. The van der Waals surface area contributed by atoms with Crippen LogP contribution in [-0.2, 0) is 12.5 Å². The van der Waals surface area contributed by atoms with E-state index in [9.17, 15) is 4.79 Å². The zero-order valence-corrected chi connectivity index (χ0v) is 11.3. The van der Waals surface area contributed by atoms with Gasteiger partial charge in [0.2, 0.25) is 0 Å². The van der Waals surface area contributed by atoms with Crippen molar-refractivity contribution < 1.29 is 9.90 Å².